The molecule has 0 fully saturated rings. The molecule has 0 radical (unpaired) electrons. The number of nitrogens with one attached hydrogen (secondary N) is 1. The van der Waals surface area contributed by atoms with Crippen molar-refractivity contribution >= 4 is 11.6 Å². The van der Waals surface area contributed by atoms with Crippen LogP contribution in [-0.2, 0) is 6.42 Å². The molecule has 0 aliphatic carbocycles. The molecule has 1 N–H and O–H groups in total. The van der Waals surface area contributed by atoms with Crippen molar-refractivity contribution in [3.8, 4) is 0 Å². The fraction of sp³-hybridized carbons (Fsp3) is 0.625. The maximum absolute atomic E-state index is 13.5. The first-order chi connectivity index (χ1) is 8.65. The van der Waals surface area contributed by atoms with Gasteiger partial charge in [0.05, 0.1) is 5.02 Å². The number of hydrogen-bond acceptors (Lipinski definition) is 1. The molecule has 3 heteroatoms. The molecule has 0 saturated heterocycles. The van der Waals surface area contributed by atoms with Crippen LogP contribution in [0.15, 0.2) is 18.2 Å². The van der Waals surface area contributed by atoms with Crippen molar-refractivity contribution in [2.75, 3.05) is 6.54 Å². The molecule has 19 heavy (non-hydrogen) atoms. The van der Waals surface area contributed by atoms with Crippen LogP contribution in [0.25, 0.3) is 0 Å². The Kier molecular flexibility index (Phi) is 5.40. The summed E-state index contributed by atoms with van der Waals surface area (Å²) in [6, 6.07) is 5.10. The van der Waals surface area contributed by atoms with Gasteiger partial charge < -0.3 is 5.32 Å². The monoisotopic (exact) mass is 285 g/mol. The van der Waals surface area contributed by atoms with Crippen LogP contribution in [0.1, 0.15) is 46.6 Å². The van der Waals surface area contributed by atoms with Gasteiger partial charge in [-0.25, -0.2) is 4.39 Å². The average molecular weight is 286 g/mol. The van der Waals surface area contributed by atoms with Crippen molar-refractivity contribution < 1.29 is 4.39 Å². The highest BCUT2D eigenvalue weighted by molar-refractivity contribution is 6.30. The molecule has 1 nitrogen and oxygen atoms in total. The fourth-order valence-electron chi connectivity index (χ4n) is 1.93. The van der Waals surface area contributed by atoms with E-state index in [1.54, 1.807) is 12.1 Å². The molecular weight excluding hydrogens is 261 g/mol. The van der Waals surface area contributed by atoms with Crippen molar-refractivity contribution in [3.05, 3.63) is 34.6 Å². The van der Waals surface area contributed by atoms with Crippen molar-refractivity contribution in [2.45, 2.75) is 53.0 Å². The van der Waals surface area contributed by atoms with Crippen LogP contribution in [0.5, 0.6) is 0 Å². The van der Waals surface area contributed by atoms with Crippen LogP contribution in [0.3, 0.4) is 0 Å². The number of benzene rings is 1. The molecule has 0 spiro atoms. The van der Waals surface area contributed by atoms with Gasteiger partial charge in [-0.2, -0.15) is 0 Å². The molecule has 1 atom stereocenters. The van der Waals surface area contributed by atoms with Crippen LogP contribution in [0, 0.1) is 11.2 Å². The first kappa shape index (κ1) is 16.5. The van der Waals surface area contributed by atoms with Crippen LogP contribution in [0.2, 0.25) is 5.02 Å². The predicted molar refractivity (Wildman–Crippen MR) is 81.3 cm³/mol. The van der Waals surface area contributed by atoms with E-state index in [1.807, 2.05) is 6.07 Å². The first-order valence-electron chi connectivity index (χ1n) is 6.84. The Hall–Kier alpha value is -0.600. The molecule has 1 aromatic carbocycles. The third-order valence-corrected chi connectivity index (χ3v) is 3.82. The topological polar surface area (TPSA) is 12.0 Å². The Labute approximate surface area is 121 Å². The van der Waals surface area contributed by atoms with Gasteiger partial charge in [0.15, 0.2) is 0 Å². The molecule has 1 unspecified atom stereocenters. The van der Waals surface area contributed by atoms with Gasteiger partial charge in [-0.1, -0.05) is 31.5 Å². The van der Waals surface area contributed by atoms with Gasteiger partial charge in [0.25, 0.3) is 0 Å². The minimum atomic E-state index is -0.332. The van der Waals surface area contributed by atoms with Crippen LogP contribution < -0.4 is 5.32 Å². The lowest BCUT2D eigenvalue weighted by Crippen LogP contribution is -2.43. The smallest absolute Gasteiger partial charge is 0.142 e. The Morgan fingerprint density at radius 3 is 2.32 bits per heavy atom. The highest BCUT2D eigenvalue weighted by atomic mass is 35.5. The molecule has 0 amide bonds. The molecular formula is C16H25ClFN. The highest BCUT2D eigenvalue weighted by Crippen LogP contribution is 2.28. The zero-order valence-electron chi connectivity index (χ0n) is 12.6. The lowest BCUT2D eigenvalue weighted by Gasteiger charge is -2.33. The Balaban J connectivity index is 2.76. The zero-order valence-corrected chi connectivity index (χ0v) is 13.4. The van der Waals surface area contributed by atoms with Crippen molar-refractivity contribution in [2.24, 2.45) is 5.41 Å². The summed E-state index contributed by atoms with van der Waals surface area (Å²) in [5, 5.41) is 3.73. The van der Waals surface area contributed by atoms with Gasteiger partial charge in [-0.3, -0.25) is 0 Å². The zero-order chi connectivity index (χ0) is 14.7. The standard InChI is InChI=1S/C16H25ClFN/c1-6-16(5,11-19-15(2,3)4)10-12-7-8-13(17)14(18)9-12/h7-9,19H,6,10-11H2,1-5H3. The van der Waals surface area contributed by atoms with Gasteiger partial charge in [0.1, 0.15) is 5.82 Å². The summed E-state index contributed by atoms with van der Waals surface area (Å²) in [5.41, 5.74) is 1.22. The van der Waals surface area contributed by atoms with Gasteiger partial charge >= 0.3 is 0 Å². The first-order valence-corrected chi connectivity index (χ1v) is 7.22. The molecule has 0 aliphatic heterocycles. The molecule has 1 rings (SSSR count). The lowest BCUT2D eigenvalue weighted by molar-refractivity contribution is 0.254. The minimum absolute atomic E-state index is 0.0989. The Morgan fingerprint density at radius 2 is 1.84 bits per heavy atom. The summed E-state index contributed by atoms with van der Waals surface area (Å²) in [6.07, 6.45) is 1.89. The molecule has 0 saturated carbocycles. The molecule has 0 bridgehead atoms. The molecule has 0 aliphatic rings. The minimum Gasteiger partial charge on any atom is -0.312 e. The van der Waals surface area contributed by atoms with E-state index in [0.717, 1.165) is 24.9 Å². The Morgan fingerprint density at radius 1 is 1.21 bits per heavy atom. The summed E-state index contributed by atoms with van der Waals surface area (Å²) in [7, 11) is 0. The van der Waals surface area contributed by atoms with E-state index in [-0.39, 0.29) is 21.8 Å². The van der Waals surface area contributed by atoms with E-state index in [4.69, 9.17) is 11.6 Å². The van der Waals surface area contributed by atoms with E-state index in [2.05, 4.69) is 39.9 Å². The van der Waals surface area contributed by atoms with Gasteiger partial charge in [0, 0.05) is 12.1 Å². The normalized spacial score (nSPS) is 15.3. The SMILES string of the molecule is CCC(C)(CNC(C)(C)C)Cc1ccc(Cl)c(F)c1. The Bertz CT molecular complexity index is 425. The maximum Gasteiger partial charge on any atom is 0.142 e. The summed E-state index contributed by atoms with van der Waals surface area (Å²) < 4.78 is 13.5. The van der Waals surface area contributed by atoms with Crippen LogP contribution in [-0.4, -0.2) is 12.1 Å². The average Bonchev–Trinajstić information content (AvgIpc) is 2.31. The maximum atomic E-state index is 13.5. The van der Waals surface area contributed by atoms with E-state index in [9.17, 15) is 4.39 Å². The molecule has 0 aromatic heterocycles. The van der Waals surface area contributed by atoms with Crippen molar-refractivity contribution in [3.63, 3.8) is 0 Å². The predicted octanol–water partition coefficient (Wildman–Crippen LogP) is 4.83. The van der Waals surface area contributed by atoms with E-state index >= 15 is 0 Å². The van der Waals surface area contributed by atoms with E-state index < -0.39 is 0 Å². The number of hydrogen-bond donors (Lipinski definition) is 1. The number of halogens is 2. The fourth-order valence-corrected chi connectivity index (χ4v) is 2.05. The third-order valence-electron chi connectivity index (χ3n) is 3.51. The molecule has 1 aromatic rings. The highest BCUT2D eigenvalue weighted by Gasteiger charge is 2.25. The van der Waals surface area contributed by atoms with E-state index in [0.29, 0.717) is 0 Å². The van der Waals surface area contributed by atoms with Gasteiger partial charge in [0.2, 0.25) is 0 Å². The van der Waals surface area contributed by atoms with Crippen molar-refractivity contribution in [1.29, 1.82) is 0 Å². The van der Waals surface area contributed by atoms with Crippen LogP contribution in [0.4, 0.5) is 4.39 Å². The summed E-state index contributed by atoms with van der Waals surface area (Å²) in [4.78, 5) is 0. The second-order valence-corrected chi connectivity index (χ2v) is 7.10. The summed E-state index contributed by atoms with van der Waals surface area (Å²) >= 11 is 5.72. The van der Waals surface area contributed by atoms with Crippen LogP contribution >= 0.6 is 11.6 Å². The van der Waals surface area contributed by atoms with Gasteiger partial charge in [-0.15, -0.1) is 0 Å². The quantitative estimate of drug-likeness (QED) is 0.817. The second kappa shape index (κ2) is 6.23. The molecule has 108 valence electrons. The summed E-state index contributed by atoms with van der Waals surface area (Å²) in [5.74, 6) is -0.332. The third kappa shape index (κ3) is 5.50. The van der Waals surface area contributed by atoms with Gasteiger partial charge in [-0.05, 0) is 56.7 Å². The number of rotatable bonds is 5. The summed E-state index contributed by atoms with van der Waals surface area (Å²) in [6.45, 7) is 11.8. The van der Waals surface area contributed by atoms with E-state index in [1.165, 1.54) is 0 Å². The lowest BCUT2D eigenvalue weighted by atomic mass is 9.80. The largest absolute Gasteiger partial charge is 0.312 e. The molecule has 0 heterocycles. The van der Waals surface area contributed by atoms with Crippen molar-refractivity contribution in [1.82, 2.24) is 5.32 Å². The second-order valence-electron chi connectivity index (χ2n) is 6.69.